The largest absolute Gasteiger partial charge is 0.478 e. The first-order chi connectivity index (χ1) is 11.6. The van der Waals surface area contributed by atoms with E-state index in [1.165, 1.54) is 43.5 Å². The summed E-state index contributed by atoms with van der Waals surface area (Å²) in [7, 11) is 0. The Hall–Kier alpha value is -2.36. The summed E-state index contributed by atoms with van der Waals surface area (Å²) in [5.74, 6) is -0.928. The van der Waals surface area contributed by atoms with Crippen LogP contribution in [0.1, 0.15) is 65.5 Å². The van der Waals surface area contributed by atoms with Gasteiger partial charge in [-0.25, -0.2) is 4.79 Å². The molecule has 0 aliphatic heterocycles. The van der Waals surface area contributed by atoms with Crippen molar-refractivity contribution in [1.29, 1.82) is 0 Å². The van der Waals surface area contributed by atoms with Crippen molar-refractivity contribution in [3.63, 3.8) is 0 Å². The smallest absolute Gasteiger partial charge is 0.335 e. The van der Waals surface area contributed by atoms with Crippen LogP contribution in [-0.2, 0) is 0 Å². The number of carboxylic acid groups (broad SMARTS) is 1. The lowest BCUT2D eigenvalue weighted by Crippen LogP contribution is -2.15. The Morgan fingerprint density at radius 3 is 2.67 bits per heavy atom. The van der Waals surface area contributed by atoms with Crippen molar-refractivity contribution < 1.29 is 9.90 Å². The van der Waals surface area contributed by atoms with Crippen LogP contribution in [0.5, 0.6) is 0 Å². The van der Waals surface area contributed by atoms with Gasteiger partial charge in [-0.15, -0.1) is 0 Å². The summed E-state index contributed by atoms with van der Waals surface area (Å²) in [6.45, 7) is 4.31. The molecule has 1 heterocycles. The highest BCUT2D eigenvalue weighted by Gasteiger charge is 2.19. The molecule has 0 atom stereocenters. The number of carbonyl (C=O) groups is 1. The predicted molar refractivity (Wildman–Crippen MR) is 96.7 cm³/mol. The van der Waals surface area contributed by atoms with Gasteiger partial charge in [0.25, 0.3) is 0 Å². The Labute approximate surface area is 142 Å². The van der Waals surface area contributed by atoms with E-state index >= 15 is 0 Å². The van der Waals surface area contributed by atoms with Crippen molar-refractivity contribution in [1.82, 2.24) is 4.57 Å². The zero-order valence-corrected chi connectivity index (χ0v) is 14.3. The fraction of sp³-hybridized carbons (Fsp3) is 0.400. The van der Waals surface area contributed by atoms with Crippen molar-refractivity contribution in [3.8, 4) is 0 Å². The van der Waals surface area contributed by atoms with Gasteiger partial charge in [-0.1, -0.05) is 25.3 Å². The Kier molecular flexibility index (Phi) is 4.84. The van der Waals surface area contributed by atoms with Crippen LogP contribution in [0.3, 0.4) is 0 Å². The number of aromatic carboxylic acids is 1. The second-order valence-corrected chi connectivity index (χ2v) is 6.60. The summed E-state index contributed by atoms with van der Waals surface area (Å²) < 4.78 is 2.45. The van der Waals surface area contributed by atoms with Gasteiger partial charge >= 0.3 is 5.97 Å². The number of aryl methyl sites for hydroxylation is 1. The highest BCUT2D eigenvalue weighted by molar-refractivity contribution is 5.89. The summed E-state index contributed by atoms with van der Waals surface area (Å²) in [5.41, 5.74) is 4.56. The van der Waals surface area contributed by atoms with Crippen LogP contribution in [0.2, 0.25) is 0 Å². The summed E-state index contributed by atoms with van der Waals surface area (Å²) in [6.07, 6.45) is 8.34. The molecule has 0 saturated heterocycles. The highest BCUT2D eigenvalue weighted by Crippen LogP contribution is 2.32. The Morgan fingerprint density at radius 1 is 1.21 bits per heavy atom. The van der Waals surface area contributed by atoms with Crippen LogP contribution in [0.4, 0.5) is 5.69 Å². The number of aromatic nitrogens is 1. The number of benzene rings is 1. The first-order valence-electron chi connectivity index (χ1n) is 8.62. The van der Waals surface area contributed by atoms with Gasteiger partial charge in [-0.2, -0.15) is 0 Å². The molecule has 1 fully saturated rings. The van der Waals surface area contributed by atoms with Crippen molar-refractivity contribution >= 4 is 17.9 Å². The van der Waals surface area contributed by atoms with Gasteiger partial charge in [-0.05, 0) is 51.0 Å². The first-order valence-corrected chi connectivity index (χ1v) is 8.62. The summed E-state index contributed by atoms with van der Waals surface area (Å²) in [6, 6.07) is 9.51. The van der Waals surface area contributed by atoms with E-state index in [1.807, 2.05) is 12.3 Å². The van der Waals surface area contributed by atoms with E-state index < -0.39 is 5.97 Å². The molecule has 0 amide bonds. The zero-order chi connectivity index (χ0) is 17.1. The molecule has 126 valence electrons. The summed E-state index contributed by atoms with van der Waals surface area (Å²) in [4.78, 5) is 15.5. The highest BCUT2D eigenvalue weighted by atomic mass is 16.4. The summed E-state index contributed by atoms with van der Waals surface area (Å²) >= 11 is 0. The fourth-order valence-corrected chi connectivity index (χ4v) is 3.70. The fourth-order valence-electron chi connectivity index (χ4n) is 3.70. The van der Waals surface area contributed by atoms with E-state index in [9.17, 15) is 4.79 Å². The monoisotopic (exact) mass is 324 g/mol. The van der Waals surface area contributed by atoms with Crippen molar-refractivity contribution in [2.24, 2.45) is 4.99 Å². The van der Waals surface area contributed by atoms with E-state index in [2.05, 4.69) is 29.5 Å². The Bertz CT molecular complexity index is 768. The molecule has 1 aliphatic carbocycles. The Morgan fingerprint density at radius 2 is 1.96 bits per heavy atom. The molecule has 1 N–H and O–H groups in total. The molecule has 1 aliphatic rings. The third kappa shape index (κ3) is 3.42. The summed E-state index contributed by atoms with van der Waals surface area (Å²) in [5, 5.41) is 9.07. The van der Waals surface area contributed by atoms with Gasteiger partial charge in [0.2, 0.25) is 0 Å². The van der Waals surface area contributed by atoms with Crippen LogP contribution in [0, 0.1) is 13.8 Å². The minimum Gasteiger partial charge on any atom is -0.478 e. The SMILES string of the molecule is Cc1cc(C=Nc2cccc(C(=O)O)c2)c(C)n1C1CCCCC1. The molecule has 0 bridgehead atoms. The normalized spacial score (nSPS) is 15.9. The molecular formula is C20H24N2O2. The number of aliphatic imine (C=N–C) groups is 1. The van der Waals surface area contributed by atoms with E-state index in [1.54, 1.807) is 18.2 Å². The van der Waals surface area contributed by atoms with E-state index in [4.69, 9.17) is 5.11 Å². The van der Waals surface area contributed by atoms with Gasteiger partial charge in [0.05, 0.1) is 11.3 Å². The molecule has 3 rings (SSSR count). The molecule has 0 spiro atoms. The lowest BCUT2D eigenvalue weighted by molar-refractivity contribution is 0.0697. The van der Waals surface area contributed by atoms with Crippen LogP contribution in [-0.4, -0.2) is 21.9 Å². The third-order valence-electron chi connectivity index (χ3n) is 4.91. The minimum atomic E-state index is -0.928. The number of rotatable bonds is 4. The second kappa shape index (κ2) is 7.04. The van der Waals surface area contributed by atoms with E-state index in [0.717, 1.165) is 5.56 Å². The standard InChI is InChI=1S/C20H24N2O2/c1-14-11-17(15(2)22(14)19-9-4-3-5-10-19)13-21-18-8-6-7-16(12-18)20(23)24/h6-8,11-13,19H,3-5,9-10H2,1-2H3,(H,23,24). The van der Waals surface area contributed by atoms with Crippen molar-refractivity contribution in [2.45, 2.75) is 52.0 Å². The lowest BCUT2D eigenvalue weighted by atomic mass is 9.95. The number of hydrogen-bond donors (Lipinski definition) is 1. The molecule has 24 heavy (non-hydrogen) atoms. The first kappa shape index (κ1) is 16.5. The van der Waals surface area contributed by atoms with Gasteiger partial charge in [0, 0.05) is 29.2 Å². The molecule has 0 radical (unpaired) electrons. The molecule has 4 nitrogen and oxygen atoms in total. The van der Waals surface area contributed by atoms with Gasteiger partial charge in [0.1, 0.15) is 0 Å². The van der Waals surface area contributed by atoms with Gasteiger partial charge in [-0.3, -0.25) is 4.99 Å². The average molecular weight is 324 g/mol. The average Bonchev–Trinajstić information content (AvgIpc) is 2.88. The maximum Gasteiger partial charge on any atom is 0.335 e. The minimum absolute atomic E-state index is 0.261. The second-order valence-electron chi connectivity index (χ2n) is 6.60. The Balaban J connectivity index is 1.85. The quantitative estimate of drug-likeness (QED) is 0.799. The van der Waals surface area contributed by atoms with Crippen LogP contribution < -0.4 is 0 Å². The van der Waals surface area contributed by atoms with Crippen LogP contribution >= 0.6 is 0 Å². The van der Waals surface area contributed by atoms with Crippen LogP contribution in [0.15, 0.2) is 35.3 Å². The molecule has 0 unspecified atom stereocenters. The molecule has 1 aromatic carbocycles. The molecule has 1 saturated carbocycles. The predicted octanol–water partition coefficient (Wildman–Crippen LogP) is 5.06. The number of carboxylic acids is 1. The van der Waals surface area contributed by atoms with E-state index in [-0.39, 0.29) is 5.56 Å². The zero-order valence-electron chi connectivity index (χ0n) is 14.3. The molecule has 2 aromatic rings. The molecule has 4 heteroatoms. The molecular weight excluding hydrogens is 300 g/mol. The van der Waals surface area contributed by atoms with Crippen molar-refractivity contribution in [3.05, 3.63) is 52.8 Å². The number of hydrogen-bond acceptors (Lipinski definition) is 2. The van der Waals surface area contributed by atoms with E-state index in [0.29, 0.717) is 11.7 Å². The molecule has 1 aromatic heterocycles. The van der Waals surface area contributed by atoms with Gasteiger partial charge < -0.3 is 9.67 Å². The maximum absolute atomic E-state index is 11.0. The number of nitrogens with zero attached hydrogens (tertiary/aromatic N) is 2. The topological polar surface area (TPSA) is 54.6 Å². The lowest BCUT2D eigenvalue weighted by Gasteiger charge is -2.26. The van der Waals surface area contributed by atoms with Crippen molar-refractivity contribution in [2.75, 3.05) is 0 Å². The third-order valence-corrected chi connectivity index (χ3v) is 4.91. The van der Waals surface area contributed by atoms with Crippen LogP contribution in [0.25, 0.3) is 0 Å². The van der Waals surface area contributed by atoms with Gasteiger partial charge in [0.15, 0.2) is 0 Å². The maximum atomic E-state index is 11.0.